The van der Waals surface area contributed by atoms with E-state index in [0.29, 0.717) is 0 Å². The number of para-hydroxylation sites is 1. The second-order valence-corrected chi connectivity index (χ2v) is 3.49. The Bertz CT molecular complexity index is 359. The Hall–Kier alpha value is -0.357. The fraction of sp³-hybridized carbons (Fsp3) is 0.333. The standard InChI is InChI=1S/C12H15N.Bi/c1-2-3-7-11-9-10-6-4-5-8-12(10)13-11;/h4-6,8-9,13H,2-3,7H2,1H3;. The molecule has 2 rings (SSSR count). The number of hydrogen-bond acceptors (Lipinski definition) is 0. The van der Waals surface area contributed by atoms with E-state index in [0.717, 1.165) is 0 Å². The second-order valence-electron chi connectivity index (χ2n) is 3.49. The number of aromatic nitrogens is 1. The molecule has 0 amide bonds. The Morgan fingerprint density at radius 1 is 1.21 bits per heavy atom. The van der Waals surface area contributed by atoms with Crippen molar-refractivity contribution in [3.8, 4) is 0 Å². The zero-order chi connectivity index (χ0) is 9.10. The molecule has 1 N–H and O–H groups in total. The van der Waals surface area contributed by atoms with E-state index in [4.69, 9.17) is 0 Å². The van der Waals surface area contributed by atoms with Crippen LogP contribution >= 0.6 is 0 Å². The summed E-state index contributed by atoms with van der Waals surface area (Å²) in [5.74, 6) is 0. The first-order valence-corrected chi connectivity index (χ1v) is 4.97. The zero-order valence-corrected chi connectivity index (χ0v) is 11.9. The van der Waals surface area contributed by atoms with E-state index in [1.807, 2.05) is 0 Å². The normalized spacial score (nSPS) is 10.1. The average Bonchev–Trinajstić information content (AvgIpc) is 2.57. The SMILES string of the molecule is CCCCc1cc2ccccc2[nH]1.[Bi]. The molecule has 0 atom stereocenters. The van der Waals surface area contributed by atoms with Gasteiger partial charge in [-0.2, -0.15) is 0 Å². The Labute approximate surface area is 104 Å². The fourth-order valence-corrected chi connectivity index (χ4v) is 1.64. The van der Waals surface area contributed by atoms with Gasteiger partial charge in [0.15, 0.2) is 0 Å². The van der Waals surface area contributed by atoms with Crippen molar-refractivity contribution in [3.05, 3.63) is 36.0 Å². The van der Waals surface area contributed by atoms with Crippen molar-refractivity contribution < 1.29 is 0 Å². The van der Waals surface area contributed by atoms with Crippen LogP contribution in [0.4, 0.5) is 0 Å². The minimum Gasteiger partial charge on any atom is -0.358 e. The summed E-state index contributed by atoms with van der Waals surface area (Å²) in [5, 5.41) is 1.33. The van der Waals surface area contributed by atoms with Gasteiger partial charge in [-0.1, -0.05) is 31.5 Å². The number of fused-ring (bicyclic) bond motifs is 1. The maximum absolute atomic E-state index is 3.43. The van der Waals surface area contributed by atoms with E-state index in [-0.39, 0.29) is 26.2 Å². The fourth-order valence-electron chi connectivity index (χ4n) is 1.64. The van der Waals surface area contributed by atoms with E-state index in [2.05, 4.69) is 42.2 Å². The third-order valence-electron chi connectivity index (χ3n) is 2.39. The maximum Gasteiger partial charge on any atom is 0.0456 e. The Balaban J connectivity index is 0.000000980. The van der Waals surface area contributed by atoms with Crippen LogP contribution in [0.3, 0.4) is 0 Å². The van der Waals surface area contributed by atoms with E-state index in [1.165, 1.54) is 35.9 Å². The smallest absolute Gasteiger partial charge is 0.0456 e. The van der Waals surface area contributed by atoms with Gasteiger partial charge in [0.1, 0.15) is 0 Å². The molecule has 3 radical (unpaired) electrons. The van der Waals surface area contributed by atoms with E-state index in [1.54, 1.807) is 0 Å². The summed E-state index contributed by atoms with van der Waals surface area (Å²) in [7, 11) is 0. The number of benzene rings is 1. The summed E-state index contributed by atoms with van der Waals surface area (Å²) in [5.41, 5.74) is 2.62. The monoisotopic (exact) mass is 382 g/mol. The van der Waals surface area contributed by atoms with Crippen molar-refractivity contribution in [2.24, 2.45) is 0 Å². The van der Waals surface area contributed by atoms with Gasteiger partial charge in [0.2, 0.25) is 0 Å². The number of rotatable bonds is 3. The van der Waals surface area contributed by atoms with Crippen LogP contribution in [0.2, 0.25) is 0 Å². The molecule has 73 valence electrons. The summed E-state index contributed by atoms with van der Waals surface area (Å²) in [6.45, 7) is 2.22. The molecule has 0 saturated heterocycles. The Morgan fingerprint density at radius 2 is 2.00 bits per heavy atom. The number of H-pyrrole nitrogens is 1. The molecule has 1 heterocycles. The van der Waals surface area contributed by atoms with Crippen molar-refractivity contribution >= 4 is 37.1 Å². The molecule has 1 nitrogen and oxygen atoms in total. The van der Waals surface area contributed by atoms with Gasteiger partial charge in [0, 0.05) is 37.4 Å². The average molecular weight is 382 g/mol. The van der Waals surface area contributed by atoms with E-state index in [9.17, 15) is 0 Å². The second kappa shape index (κ2) is 5.51. The van der Waals surface area contributed by atoms with Gasteiger partial charge >= 0.3 is 0 Å². The molecule has 0 saturated carbocycles. The third kappa shape index (κ3) is 2.57. The molecule has 0 bridgehead atoms. The molecular weight excluding hydrogens is 367 g/mol. The van der Waals surface area contributed by atoms with Crippen molar-refractivity contribution in [2.75, 3.05) is 0 Å². The van der Waals surface area contributed by atoms with Crippen molar-refractivity contribution in [1.82, 2.24) is 4.98 Å². The number of aryl methyl sites for hydroxylation is 1. The van der Waals surface area contributed by atoms with Crippen LogP contribution in [0.5, 0.6) is 0 Å². The van der Waals surface area contributed by atoms with Gasteiger partial charge in [-0.25, -0.2) is 0 Å². The van der Waals surface area contributed by atoms with Crippen LogP contribution in [-0.2, 0) is 6.42 Å². The molecule has 1 aromatic heterocycles. The predicted molar refractivity (Wildman–Crippen MR) is 62.7 cm³/mol. The first-order chi connectivity index (χ1) is 6.40. The first kappa shape index (κ1) is 11.7. The molecule has 0 unspecified atom stereocenters. The van der Waals surface area contributed by atoms with Crippen LogP contribution in [0.1, 0.15) is 25.5 Å². The molecule has 0 spiro atoms. The van der Waals surface area contributed by atoms with Crippen molar-refractivity contribution in [2.45, 2.75) is 26.2 Å². The predicted octanol–water partition coefficient (Wildman–Crippen LogP) is 3.13. The minimum atomic E-state index is 0. The summed E-state index contributed by atoms with van der Waals surface area (Å²) in [4.78, 5) is 3.43. The largest absolute Gasteiger partial charge is 0.358 e. The maximum atomic E-state index is 3.43. The zero-order valence-electron chi connectivity index (χ0n) is 8.46. The van der Waals surface area contributed by atoms with Crippen LogP contribution in [0.25, 0.3) is 10.9 Å². The Kier molecular flexibility index (Phi) is 4.61. The molecule has 0 aliphatic rings. The molecule has 14 heavy (non-hydrogen) atoms. The summed E-state index contributed by atoms with van der Waals surface area (Å²) >= 11 is 0. The summed E-state index contributed by atoms with van der Waals surface area (Å²) in [6, 6.07) is 10.7. The van der Waals surface area contributed by atoms with Crippen LogP contribution < -0.4 is 0 Å². The summed E-state index contributed by atoms with van der Waals surface area (Å²) < 4.78 is 0. The van der Waals surface area contributed by atoms with E-state index < -0.39 is 0 Å². The Morgan fingerprint density at radius 3 is 2.71 bits per heavy atom. The number of nitrogens with one attached hydrogen (secondary N) is 1. The van der Waals surface area contributed by atoms with Crippen LogP contribution in [0.15, 0.2) is 30.3 Å². The number of aromatic amines is 1. The van der Waals surface area contributed by atoms with Gasteiger partial charge in [-0.05, 0) is 30.4 Å². The van der Waals surface area contributed by atoms with E-state index >= 15 is 0 Å². The summed E-state index contributed by atoms with van der Waals surface area (Å²) in [6.07, 6.45) is 3.70. The van der Waals surface area contributed by atoms with Gasteiger partial charge < -0.3 is 4.98 Å². The van der Waals surface area contributed by atoms with Gasteiger partial charge in [-0.15, -0.1) is 0 Å². The molecule has 2 heteroatoms. The third-order valence-corrected chi connectivity index (χ3v) is 2.39. The molecule has 0 fully saturated rings. The quantitative estimate of drug-likeness (QED) is 0.786. The van der Waals surface area contributed by atoms with Crippen molar-refractivity contribution in [1.29, 1.82) is 0 Å². The molecular formula is C12H15BiN. The number of unbranched alkanes of at least 4 members (excludes halogenated alkanes) is 1. The minimum absolute atomic E-state index is 0. The topological polar surface area (TPSA) is 15.8 Å². The molecule has 0 aliphatic carbocycles. The first-order valence-electron chi connectivity index (χ1n) is 4.97. The van der Waals surface area contributed by atoms with Gasteiger partial charge in [0.25, 0.3) is 0 Å². The van der Waals surface area contributed by atoms with Crippen LogP contribution in [0, 0.1) is 0 Å². The molecule has 0 aliphatic heterocycles. The molecule has 2 aromatic rings. The van der Waals surface area contributed by atoms with Crippen molar-refractivity contribution in [3.63, 3.8) is 0 Å². The molecule has 1 aromatic carbocycles. The number of hydrogen-bond donors (Lipinski definition) is 1. The van der Waals surface area contributed by atoms with Gasteiger partial charge in [-0.3, -0.25) is 0 Å². The van der Waals surface area contributed by atoms with Gasteiger partial charge in [0.05, 0.1) is 0 Å². The van der Waals surface area contributed by atoms with Crippen LogP contribution in [-0.4, -0.2) is 31.2 Å².